The molecular formula is C27H27F2N3O4S. The first kappa shape index (κ1) is 24.5. The monoisotopic (exact) mass is 527 g/mol. The minimum Gasteiger partial charge on any atom is -0.362 e. The number of nitrogens with zero attached hydrogens (tertiary/aromatic N) is 3. The average Bonchev–Trinajstić information content (AvgIpc) is 3.75. The molecule has 3 fully saturated rings. The van der Waals surface area contributed by atoms with E-state index in [1.807, 2.05) is 6.07 Å². The number of pyridine rings is 1. The van der Waals surface area contributed by atoms with Crippen molar-refractivity contribution < 1.29 is 26.7 Å². The van der Waals surface area contributed by atoms with Crippen molar-refractivity contribution in [2.75, 3.05) is 26.2 Å². The molecular weight excluding hydrogens is 500 g/mol. The summed E-state index contributed by atoms with van der Waals surface area (Å²) in [6.45, 7) is 1.41. The lowest BCUT2D eigenvalue weighted by molar-refractivity contribution is -0.174. The Bertz CT molecular complexity index is 1470. The summed E-state index contributed by atoms with van der Waals surface area (Å²) >= 11 is 0. The molecule has 3 aliphatic rings. The third-order valence-corrected chi connectivity index (χ3v) is 9.63. The summed E-state index contributed by atoms with van der Waals surface area (Å²) in [7, 11) is -4.27. The number of sulfonamides is 1. The van der Waals surface area contributed by atoms with Crippen LogP contribution < -0.4 is 0 Å². The molecule has 3 aromatic rings. The molecule has 194 valence electrons. The Morgan fingerprint density at radius 2 is 1.84 bits per heavy atom. The molecule has 6 rings (SSSR count). The lowest BCUT2D eigenvalue weighted by Crippen LogP contribution is -2.60. The summed E-state index contributed by atoms with van der Waals surface area (Å²) in [6, 6.07) is 10.9. The number of hydrogen-bond donors (Lipinski definition) is 0. The van der Waals surface area contributed by atoms with E-state index in [0.29, 0.717) is 43.1 Å². The number of benzene rings is 2. The number of morpholine rings is 1. The molecule has 1 aliphatic carbocycles. The van der Waals surface area contributed by atoms with Crippen molar-refractivity contribution in [3.8, 4) is 11.1 Å². The largest absolute Gasteiger partial charge is 0.362 e. The second-order valence-corrected chi connectivity index (χ2v) is 12.1. The molecule has 1 spiro atoms. The van der Waals surface area contributed by atoms with E-state index in [1.165, 1.54) is 4.31 Å². The van der Waals surface area contributed by atoms with Gasteiger partial charge in [0, 0.05) is 49.4 Å². The van der Waals surface area contributed by atoms with Crippen LogP contribution in [0.2, 0.25) is 0 Å². The van der Waals surface area contributed by atoms with Gasteiger partial charge in [-0.05, 0) is 55.5 Å². The molecule has 2 saturated heterocycles. The Hall–Kier alpha value is -2.79. The van der Waals surface area contributed by atoms with Crippen molar-refractivity contribution in [3.63, 3.8) is 0 Å². The minimum atomic E-state index is -4.27. The van der Waals surface area contributed by atoms with E-state index in [0.717, 1.165) is 36.6 Å². The first-order chi connectivity index (χ1) is 17.8. The van der Waals surface area contributed by atoms with Crippen molar-refractivity contribution in [2.45, 2.75) is 48.3 Å². The molecule has 2 aromatic carbocycles. The summed E-state index contributed by atoms with van der Waals surface area (Å²) in [6.07, 6.45) is 4.84. The first-order valence-corrected chi connectivity index (χ1v) is 13.9. The fourth-order valence-electron chi connectivity index (χ4n) is 5.58. The van der Waals surface area contributed by atoms with E-state index in [4.69, 9.17) is 4.74 Å². The highest BCUT2D eigenvalue weighted by atomic mass is 32.2. The molecule has 0 N–H and O–H groups in total. The van der Waals surface area contributed by atoms with E-state index in [-0.39, 0.29) is 18.7 Å². The predicted octanol–water partition coefficient (Wildman–Crippen LogP) is 3.77. The van der Waals surface area contributed by atoms with Gasteiger partial charge >= 0.3 is 0 Å². The Kier molecular flexibility index (Phi) is 6.10. The van der Waals surface area contributed by atoms with Crippen LogP contribution in [0.3, 0.4) is 0 Å². The van der Waals surface area contributed by atoms with Gasteiger partial charge in [0.15, 0.2) is 0 Å². The van der Waals surface area contributed by atoms with Crippen molar-refractivity contribution in [2.24, 2.45) is 0 Å². The number of carbonyl (C=O) groups is 1. The number of fused-ring (bicyclic) bond motifs is 1. The first-order valence-electron chi connectivity index (χ1n) is 12.5. The lowest BCUT2D eigenvalue weighted by Gasteiger charge is -2.49. The molecule has 37 heavy (non-hydrogen) atoms. The topological polar surface area (TPSA) is 79.8 Å². The molecule has 0 bridgehead atoms. The summed E-state index contributed by atoms with van der Waals surface area (Å²) in [5.74, 6) is -1.83. The maximum Gasteiger partial charge on any atom is 0.246 e. The highest BCUT2D eigenvalue weighted by molar-refractivity contribution is 7.89. The Balaban J connectivity index is 1.23. The summed E-state index contributed by atoms with van der Waals surface area (Å²) in [4.78, 5) is 17.3. The number of rotatable bonds is 5. The van der Waals surface area contributed by atoms with Crippen LogP contribution in [0, 0.1) is 11.6 Å². The van der Waals surface area contributed by atoms with E-state index in [2.05, 4.69) is 9.88 Å². The second-order valence-electron chi connectivity index (χ2n) is 10.2. The summed E-state index contributed by atoms with van der Waals surface area (Å²) in [5.41, 5.74) is 0.389. The molecule has 2 aliphatic heterocycles. The highest BCUT2D eigenvalue weighted by Gasteiger charge is 2.48. The van der Waals surface area contributed by atoms with Gasteiger partial charge in [-0.2, -0.15) is 4.31 Å². The second kappa shape index (κ2) is 9.20. The van der Waals surface area contributed by atoms with E-state index < -0.39 is 38.3 Å². The average molecular weight is 528 g/mol. The quantitative estimate of drug-likeness (QED) is 0.470. The zero-order valence-electron chi connectivity index (χ0n) is 20.1. The summed E-state index contributed by atoms with van der Waals surface area (Å²) in [5, 5.41) is 0.857. The van der Waals surface area contributed by atoms with E-state index >= 15 is 8.78 Å². The van der Waals surface area contributed by atoms with Crippen molar-refractivity contribution in [3.05, 3.63) is 60.3 Å². The smallest absolute Gasteiger partial charge is 0.246 e. The predicted molar refractivity (Wildman–Crippen MR) is 133 cm³/mol. The van der Waals surface area contributed by atoms with Crippen LogP contribution in [0.5, 0.6) is 0 Å². The van der Waals surface area contributed by atoms with E-state index in [1.54, 1.807) is 30.5 Å². The molecule has 1 saturated carbocycles. The Morgan fingerprint density at radius 3 is 2.57 bits per heavy atom. The molecule has 10 heteroatoms. The molecule has 3 heterocycles. The number of ether oxygens (including phenoxy) is 1. The van der Waals surface area contributed by atoms with Crippen LogP contribution in [-0.2, 0) is 19.6 Å². The number of piperidine rings is 1. The number of halogens is 2. The van der Waals surface area contributed by atoms with Crippen LogP contribution in [-0.4, -0.2) is 72.8 Å². The fourth-order valence-corrected chi connectivity index (χ4v) is 7.08. The van der Waals surface area contributed by atoms with Gasteiger partial charge in [-0.25, -0.2) is 17.2 Å². The van der Waals surface area contributed by atoms with E-state index in [9.17, 15) is 13.2 Å². The molecule has 7 nitrogen and oxygen atoms in total. The van der Waals surface area contributed by atoms with Crippen molar-refractivity contribution in [1.82, 2.24) is 14.2 Å². The maximum atomic E-state index is 15.2. The molecule has 0 amide bonds. The van der Waals surface area contributed by atoms with Crippen LogP contribution in [0.4, 0.5) is 8.78 Å². The highest BCUT2D eigenvalue weighted by Crippen LogP contribution is 2.39. The minimum absolute atomic E-state index is 0.0303. The van der Waals surface area contributed by atoms with Crippen LogP contribution in [0.15, 0.2) is 53.6 Å². The Morgan fingerprint density at radius 1 is 1.05 bits per heavy atom. The van der Waals surface area contributed by atoms with Gasteiger partial charge < -0.3 is 9.53 Å². The number of aromatic nitrogens is 1. The molecule has 1 aromatic heterocycles. The summed E-state index contributed by atoms with van der Waals surface area (Å²) < 4.78 is 64.4. The normalized spacial score (nSPS) is 22.9. The Labute approximate surface area is 214 Å². The van der Waals surface area contributed by atoms with Crippen LogP contribution in [0.25, 0.3) is 22.0 Å². The fraction of sp³-hybridized carbons (Fsp3) is 0.407. The van der Waals surface area contributed by atoms with Gasteiger partial charge in [0.25, 0.3) is 0 Å². The van der Waals surface area contributed by atoms with Gasteiger partial charge in [0.2, 0.25) is 10.0 Å². The van der Waals surface area contributed by atoms with Crippen molar-refractivity contribution in [1.29, 1.82) is 0 Å². The SMILES string of the molecule is O=CC1CN(C2CC2)CC2(CCN(S(=O)(=O)c3cc(F)c(-c4ccc5cccnc5c4)cc3F)CC2)O1. The van der Waals surface area contributed by atoms with Gasteiger partial charge in [0.1, 0.15) is 28.9 Å². The third-order valence-electron chi connectivity index (χ3n) is 7.71. The van der Waals surface area contributed by atoms with Crippen molar-refractivity contribution >= 4 is 27.2 Å². The molecule has 0 radical (unpaired) electrons. The zero-order valence-corrected chi connectivity index (χ0v) is 21.0. The van der Waals surface area contributed by atoms with Gasteiger partial charge in [-0.1, -0.05) is 18.2 Å². The third kappa shape index (κ3) is 4.56. The number of carbonyl (C=O) groups excluding carboxylic acids is 1. The van der Waals surface area contributed by atoms with Gasteiger partial charge in [0.05, 0.1) is 11.1 Å². The van der Waals surface area contributed by atoms with Crippen LogP contribution in [0.1, 0.15) is 25.7 Å². The number of aldehydes is 1. The zero-order chi connectivity index (χ0) is 25.8. The maximum absolute atomic E-state index is 15.2. The van der Waals surface area contributed by atoms with Gasteiger partial charge in [-0.15, -0.1) is 0 Å². The van der Waals surface area contributed by atoms with Crippen LogP contribution >= 0.6 is 0 Å². The van der Waals surface area contributed by atoms with Gasteiger partial charge in [-0.3, -0.25) is 9.88 Å². The standard InChI is InChI=1S/C27H27F2N3O4S/c28-23-14-26(24(29)13-22(23)19-4-3-18-2-1-9-30-25(18)12-19)37(34,35)32-10-7-27(8-11-32)17-31(20-5-6-20)15-21(16-33)36-27/h1-4,9,12-14,16,20-21H,5-8,10-11,15,17H2. The molecule has 1 unspecified atom stereocenters. The lowest BCUT2D eigenvalue weighted by atomic mass is 9.89. The number of hydrogen-bond acceptors (Lipinski definition) is 6. The molecule has 1 atom stereocenters.